The van der Waals surface area contributed by atoms with Crippen LogP contribution in [0, 0.1) is 0 Å². The Balaban J connectivity index is 0.000000234. The van der Waals surface area contributed by atoms with E-state index >= 15 is 0 Å². The SMILES string of the molecule is COc1ccc(CN(Cc2ccc(OC)cc2)S(=O)(=O)c2cc(C(C)=O)n(C)n2)cc1.COc1ccc(CN(Cc2ccc(OC)cc2)S(=O)(=O)c2cc(C(C)O)n(C)n2)cc1. The summed E-state index contributed by atoms with van der Waals surface area (Å²) < 4.78 is 80.0. The van der Waals surface area contributed by atoms with Gasteiger partial charge in [0.2, 0.25) is 0 Å². The van der Waals surface area contributed by atoms with E-state index in [2.05, 4.69) is 10.2 Å². The van der Waals surface area contributed by atoms with Crippen LogP contribution in [0.4, 0.5) is 0 Å². The summed E-state index contributed by atoms with van der Waals surface area (Å²) in [6.07, 6.45) is -0.835. The first-order valence-corrected chi connectivity index (χ1v) is 22.2. The number of Topliss-reactive ketones (excluding diaryl/α,β-unsaturated/α-hetero) is 1. The molecule has 0 amide bonds. The molecule has 0 saturated carbocycles. The molecule has 16 nitrogen and oxygen atoms in total. The molecule has 6 rings (SSSR count). The Kier molecular flexibility index (Phi) is 15.7. The molecule has 1 atom stereocenters. The van der Waals surface area contributed by atoms with E-state index in [1.165, 1.54) is 37.0 Å². The topological polar surface area (TPSA) is 185 Å². The fourth-order valence-electron chi connectivity index (χ4n) is 6.32. The third-order valence-corrected chi connectivity index (χ3v) is 13.2. The third kappa shape index (κ3) is 11.6. The van der Waals surface area contributed by atoms with Gasteiger partial charge in [-0.05, 0) is 77.7 Å². The second-order valence-corrected chi connectivity index (χ2v) is 18.0. The van der Waals surface area contributed by atoms with E-state index in [1.54, 1.807) is 98.0 Å². The predicted octanol–water partition coefficient (Wildman–Crippen LogP) is 5.91. The van der Waals surface area contributed by atoms with E-state index in [9.17, 15) is 26.7 Å². The maximum atomic E-state index is 13.5. The summed E-state index contributed by atoms with van der Waals surface area (Å²) in [5.74, 6) is 2.50. The van der Waals surface area contributed by atoms with Crippen molar-refractivity contribution in [2.45, 2.75) is 56.2 Å². The zero-order valence-corrected chi connectivity index (χ0v) is 37.6. The maximum absolute atomic E-state index is 13.5. The maximum Gasteiger partial charge on any atom is 0.263 e. The Bertz CT molecular complexity index is 2530. The number of rotatable bonds is 18. The quantitative estimate of drug-likeness (QED) is 0.101. The van der Waals surface area contributed by atoms with Gasteiger partial charge in [-0.25, -0.2) is 16.8 Å². The summed E-state index contributed by atoms with van der Waals surface area (Å²) in [5, 5.41) is 17.9. The predicted molar refractivity (Wildman–Crippen MR) is 232 cm³/mol. The minimum absolute atomic E-state index is 0.104. The first-order valence-electron chi connectivity index (χ1n) is 19.3. The Morgan fingerprint density at radius 2 is 0.855 bits per heavy atom. The van der Waals surface area contributed by atoms with Crippen molar-refractivity contribution >= 4 is 25.8 Å². The van der Waals surface area contributed by atoms with Gasteiger partial charge in [-0.3, -0.25) is 14.2 Å². The summed E-state index contributed by atoms with van der Waals surface area (Å²) in [7, 11) is 1.55. The van der Waals surface area contributed by atoms with E-state index in [0.29, 0.717) is 28.7 Å². The molecule has 1 unspecified atom stereocenters. The smallest absolute Gasteiger partial charge is 0.263 e. The van der Waals surface area contributed by atoms with Crippen LogP contribution >= 0.6 is 0 Å². The second kappa shape index (κ2) is 20.7. The highest BCUT2D eigenvalue weighted by molar-refractivity contribution is 7.89. The van der Waals surface area contributed by atoms with Crippen molar-refractivity contribution in [2.75, 3.05) is 28.4 Å². The summed E-state index contributed by atoms with van der Waals surface area (Å²) in [5.41, 5.74) is 3.86. The molecule has 0 bridgehead atoms. The Morgan fingerprint density at radius 3 is 1.10 bits per heavy atom. The van der Waals surface area contributed by atoms with Gasteiger partial charge in [0.15, 0.2) is 15.8 Å². The van der Waals surface area contributed by atoms with E-state index in [-0.39, 0.29) is 47.7 Å². The van der Waals surface area contributed by atoms with Crippen molar-refractivity contribution < 1.29 is 45.7 Å². The molecule has 0 aliphatic heterocycles. The van der Waals surface area contributed by atoms with Crippen LogP contribution in [-0.4, -0.2) is 84.3 Å². The third-order valence-electron chi connectivity index (χ3n) is 9.82. The largest absolute Gasteiger partial charge is 0.497 e. The molecule has 62 heavy (non-hydrogen) atoms. The van der Waals surface area contributed by atoms with Gasteiger partial charge in [0, 0.05) is 59.3 Å². The van der Waals surface area contributed by atoms with Gasteiger partial charge in [0.05, 0.1) is 40.2 Å². The standard InChI is InChI=1S/C22H27N3O5S.C22H25N3O5S/c2*1-16(26)21-13-22(23-24(21)2)31(27,28)25(14-17-5-9-19(29-3)10-6-17)15-18-7-11-20(30-4)12-8-18/h5-13,16,26H,14-15H2,1-4H3;5-13H,14-15H2,1-4H3. The van der Waals surface area contributed by atoms with Crippen molar-refractivity contribution in [2.24, 2.45) is 14.1 Å². The second-order valence-electron chi connectivity index (χ2n) is 14.2. The van der Waals surface area contributed by atoms with Gasteiger partial charge in [-0.2, -0.15) is 18.8 Å². The molecule has 0 aliphatic rings. The van der Waals surface area contributed by atoms with Crippen LogP contribution in [0.15, 0.2) is 119 Å². The highest BCUT2D eigenvalue weighted by Gasteiger charge is 2.31. The van der Waals surface area contributed by atoms with Gasteiger partial charge in [0.25, 0.3) is 20.0 Å². The summed E-state index contributed by atoms with van der Waals surface area (Å²) in [6.45, 7) is 3.51. The molecule has 2 heterocycles. The zero-order valence-electron chi connectivity index (χ0n) is 35.9. The lowest BCUT2D eigenvalue weighted by Crippen LogP contribution is -2.30. The Labute approximate surface area is 362 Å². The molecule has 0 spiro atoms. The highest BCUT2D eigenvalue weighted by atomic mass is 32.2. The summed E-state index contributed by atoms with van der Waals surface area (Å²) in [6, 6.07) is 31.6. The van der Waals surface area contributed by atoms with Crippen LogP contribution in [0.1, 0.15) is 58.4 Å². The van der Waals surface area contributed by atoms with E-state index < -0.39 is 26.2 Å². The zero-order chi connectivity index (χ0) is 45.2. The molecule has 1 N–H and O–H groups in total. The summed E-state index contributed by atoms with van der Waals surface area (Å²) in [4.78, 5) is 11.8. The fraction of sp³-hybridized carbons (Fsp3) is 0.295. The van der Waals surface area contributed by atoms with Gasteiger partial charge in [0.1, 0.15) is 28.7 Å². The van der Waals surface area contributed by atoms with Gasteiger partial charge < -0.3 is 24.1 Å². The van der Waals surface area contributed by atoms with Gasteiger partial charge in [-0.15, -0.1) is 0 Å². The first-order chi connectivity index (χ1) is 29.5. The molecule has 2 aromatic heterocycles. The van der Waals surface area contributed by atoms with Crippen LogP contribution < -0.4 is 18.9 Å². The van der Waals surface area contributed by atoms with Crippen LogP contribution in [0.25, 0.3) is 0 Å². The number of methoxy groups -OCH3 is 4. The molecular formula is C44H52N6O10S2. The fourth-order valence-corrected chi connectivity index (χ4v) is 9.11. The molecule has 0 saturated heterocycles. The number of ketones is 1. The van der Waals surface area contributed by atoms with Crippen molar-refractivity contribution in [3.8, 4) is 23.0 Å². The average molecular weight is 889 g/mol. The molecule has 0 radical (unpaired) electrons. The number of hydrogen-bond donors (Lipinski definition) is 1. The number of ether oxygens (including phenoxy) is 4. The van der Waals surface area contributed by atoms with Gasteiger partial charge in [-0.1, -0.05) is 48.5 Å². The number of aliphatic hydroxyl groups is 1. The van der Waals surface area contributed by atoms with E-state index in [0.717, 1.165) is 22.3 Å². The lowest BCUT2D eigenvalue weighted by molar-refractivity contribution is 0.100. The Morgan fingerprint density at radius 1 is 0.565 bits per heavy atom. The van der Waals surface area contributed by atoms with Gasteiger partial charge >= 0.3 is 0 Å². The van der Waals surface area contributed by atoms with Crippen molar-refractivity contribution in [3.05, 3.63) is 143 Å². The van der Waals surface area contributed by atoms with Crippen LogP contribution in [0.5, 0.6) is 23.0 Å². The van der Waals surface area contributed by atoms with Crippen molar-refractivity contribution in [1.29, 1.82) is 0 Å². The van der Waals surface area contributed by atoms with E-state index in [4.69, 9.17) is 18.9 Å². The summed E-state index contributed by atoms with van der Waals surface area (Å²) >= 11 is 0. The molecule has 0 fully saturated rings. The highest BCUT2D eigenvalue weighted by Crippen LogP contribution is 2.26. The lowest BCUT2D eigenvalue weighted by atomic mass is 10.2. The van der Waals surface area contributed by atoms with Crippen LogP contribution in [-0.2, 0) is 60.3 Å². The molecule has 330 valence electrons. The number of nitrogens with zero attached hydrogens (tertiary/aromatic N) is 6. The van der Waals surface area contributed by atoms with Crippen molar-refractivity contribution in [3.63, 3.8) is 0 Å². The first kappa shape index (κ1) is 47.0. The molecule has 18 heteroatoms. The average Bonchev–Trinajstić information content (AvgIpc) is 3.88. The van der Waals surface area contributed by atoms with E-state index in [1.807, 2.05) is 48.5 Å². The molecule has 6 aromatic rings. The number of hydrogen-bond acceptors (Lipinski definition) is 12. The number of carbonyl (C=O) groups is 1. The number of benzene rings is 4. The number of carbonyl (C=O) groups excluding carboxylic acids is 1. The molecule has 0 aliphatic carbocycles. The number of aromatic nitrogens is 4. The van der Waals surface area contributed by atoms with Crippen LogP contribution in [0.2, 0.25) is 0 Å². The number of aliphatic hydroxyl groups excluding tert-OH is 1. The molecule has 4 aromatic carbocycles. The normalized spacial score (nSPS) is 12.1. The lowest BCUT2D eigenvalue weighted by Gasteiger charge is -2.21. The minimum atomic E-state index is -3.98. The monoisotopic (exact) mass is 888 g/mol. The van der Waals surface area contributed by atoms with Crippen molar-refractivity contribution in [1.82, 2.24) is 28.2 Å². The number of aryl methyl sites for hydroxylation is 2. The Hall–Kier alpha value is -6.05. The minimum Gasteiger partial charge on any atom is -0.497 e. The van der Waals surface area contributed by atoms with Crippen LogP contribution in [0.3, 0.4) is 0 Å². The molecular weight excluding hydrogens is 837 g/mol. The number of sulfonamides is 2.